The van der Waals surface area contributed by atoms with Crippen LogP contribution >= 0.6 is 0 Å². The summed E-state index contributed by atoms with van der Waals surface area (Å²) in [6, 6.07) is 3.17. The summed E-state index contributed by atoms with van der Waals surface area (Å²) < 4.78 is 38.1. The molecule has 0 radical (unpaired) electrons. The Bertz CT molecular complexity index is 601. The summed E-state index contributed by atoms with van der Waals surface area (Å²) >= 11 is 0. The second-order valence-corrected chi connectivity index (χ2v) is 3.52. The van der Waals surface area contributed by atoms with E-state index in [2.05, 4.69) is 4.98 Å². The van der Waals surface area contributed by atoms with E-state index in [1.54, 1.807) is 0 Å². The second-order valence-electron chi connectivity index (χ2n) is 3.52. The Morgan fingerprint density at radius 3 is 2.47 bits per heavy atom. The van der Waals surface area contributed by atoms with Gasteiger partial charge in [-0.15, -0.1) is 0 Å². The lowest BCUT2D eigenvalue weighted by molar-refractivity contribution is -0.136. The highest BCUT2D eigenvalue weighted by Gasteiger charge is 2.34. The molecule has 1 aromatic carbocycles. The van der Waals surface area contributed by atoms with E-state index in [-0.39, 0.29) is 22.3 Å². The number of H-pyrrole nitrogens is 1. The summed E-state index contributed by atoms with van der Waals surface area (Å²) in [6.07, 6.45) is -4.59. The molecule has 90 valence electrons. The van der Waals surface area contributed by atoms with Crippen molar-refractivity contribution in [3.05, 3.63) is 29.5 Å². The molecule has 0 unspecified atom stereocenters. The normalized spacial score (nSPS) is 11.9. The Morgan fingerprint density at radius 2 is 1.94 bits per heavy atom. The third-order valence-electron chi connectivity index (χ3n) is 2.29. The molecular formula is C10H7F3N2O2. The van der Waals surface area contributed by atoms with Gasteiger partial charge in [0.15, 0.2) is 0 Å². The van der Waals surface area contributed by atoms with Crippen molar-refractivity contribution in [3.8, 4) is 0 Å². The molecule has 0 bridgehead atoms. The van der Waals surface area contributed by atoms with E-state index >= 15 is 0 Å². The van der Waals surface area contributed by atoms with Crippen LogP contribution in [0, 0.1) is 0 Å². The predicted octanol–water partition coefficient (Wildman–Crippen LogP) is 2.47. The minimum absolute atomic E-state index is 0.0687. The van der Waals surface area contributed by atoms with Gasteiger partial charge in [-0.1, -0.05) is 0 Å². The van der Waals surface area contributed by atoms with Gasteiger partial charge in [0.05, 0.1) is 11.1 Å². The number of alkyl halides is 3. The fraction of sp³-hybridized carbons (Fsp3) is 0.100. The first kappa shape index (κ1) is 11.3. The number of anilines is 1. The topological polar surface area (TPSA) is 79.1 Å². The lowest BCUT2D eigenvalue weighted by atomic mass is 10.1. The zero-order valence-electron chi connectivity index (χ0n) is 8.30. The number of aromatic nitrogens is 1. The van der Waals surface area contributed by atoms with Gasteiger partial charge in [0, 0.05) is 11.1 Å². The molecule has 0 aliphatic carbocycles. The van der Waals surface area contributed by atoms with Crippen molar-refractivity contribution in [2.45, 2.75) is 6.18 Å². The zero-order chi connectivity index (χ0) is 12.8. The number of aromatic carboxylic acids is 1. The molecule has 0 fully saturated rings. The Labute approximate surface area is 92.8 Å². The molecule has 17 heavy (non-hydrogen) atoms. The fourth-order valence-corrected chi connectivity index (χ4v) is 1.61. The molecule has 0 aliphatic rings. The summed E-state index contributed by atoms with van der Waals surface area (Å²) in [4.78, 5) is 12.9. The Morgan fingerprint density at radius 1 is 1.29 bits per heavy atom. The highest BCUT2D eigenvalue weighted by atomic mass is 19.4. The molecule has 0 atom stereocenters. The van der Waals surface area contributed by atoms with Crippen LogP contribution in [0.5, 0.6) is 0 Å². The lowest BCUT2D eigenvalue weighted by Crippen LogP contribution is -2.07. The van der Waals surface area contributed by atoms with Gasteiger partial charge in [-0.25, -0.2) is 4.79 Å². The molecule has 0 amide bonds. The summed E-state index contributed by atoms with van der Waals surface area (Å²) in [5, 5.41) is 8.83. The molecule has 7 heteroatoms. The van der Waals surface area contributed by atoms with Gasteiger partial charge in [-0.3, -0.25) is 0 Å². The van der Waals surface area contributed by atoms with Crippen LogP contribution in [-0.4, -0.2) is 16.1 Å². The number of nitrogens with two attached hydrogens (primary N) is 1. The number of hydrogen-bond donors (Lipinski definition) is 3. The van der Waals surface area contributed by atoms with Gasteiger partial charge in [0.1, 0.15) is 5.69 Å². The molecule has 4 nitrogen and oxygen atoms in total. The number of nitrogens with one attached hydrogen (secondary N) is 1. The average Bonchev–Trinajstić information content (AvgIpc) is 2.58. The van der Waals surface area contributed by atoms with Crippen LogP contribution in [0.25, 0.3) is 10.9 Å². The minimum Gasteiger partial charge on any atom is -0.477 e. The molecule has 4 N–H and O–H groups in total. The summed E-state index contributed by atoms with van der Waals surface area (Å²) in [5.41, 5.74) is 3.72. The number of hydrogen-bond acceptors (Lipinski definition) is 2. The number of benzene rings is 1. The van der Waals surface area contributed by atoms with E-state index in [0.29, 0.717) is 0 Å². The highest BCUT2D eigenvalue weighted by molar-refractivity contribution is 5.96. The number of halogens is 3. The fourth-order valence-electron chi connectivity index (χ4n) is 1.61. The average molecular weight is 244 g/mol. The first-order valence-electron chi connectivity index (χ1n) is 4.52. The molecule has 1 aromatic heterocycles. The van der Waals surface area contributed by atoms with Gasteiger partial charge in [-0.05, 0) is 18.2 Å². The number of aromatic amines is 1. The maximum absolute atomic E-state index is 12.7. The van der Waals surface area contributed by atoms with E-state index in [1.807, 2.05) is 0 Å². The first-order chi connectivity index (χ1) is 7.79. The summed E-state index contributed by atoms with van der Waals surface area (Å²) in [6.45, 7) is 0. The van der Waals surface area contributed by atoms with Crippen molar-refractivity contribution >= 4 is 22.6 Å². The monoisotopic (exact) mass is 244 g/mol. The van der Waals surface area contributed by atoms with E-state index in [9.17, 15) is 18.0 Å². The Kier molecular flexibility index (Phi) is 2.27. The number of nitrogen functional groups attached to an aromatic ring is 1. The third-order valence-corrected chi connectivity index (χ3v) is 2.29. The Balaban J connectivity index is 2.79. The Hall–Kier alpha value is -2.18. The zero-order valence-corrected chi connectivity index (χ0v) is 8.30. The molecule has 2 aromatic rings. The molecular weight excluding hydrogens is 237 g/mol. The minimum atomic E-state index is -4.59. The van der Waals surface area contributed by atoms with Gasteiger partial charge >= 0.3 is 12.1 Å². The van der Waals surface area contributed by atoms with Crippen molar-refractivity contribution in [2.24, 2.45) is 0 Å². The maximum Gasteiger partial charge on any atom is 0.418 e. The smallest absolute Gasteiger partial charge is 0.418 e. The van der Waals surface area contributed by atoms with Crippen molar-refractivity contribution in [1.29, 1.82) is 0 Å². The largest absolute Gasteiger partial charge is 0.477 e. The number of fused-ring (bicyclic) bond motifs is 1. The number of carbonyl (C=O) groups is 1. The van der Waals surface area contributed by atoms with Crippen LogP contribution in [0.2, 0.25) is 0 Å². The standard InChI is InChI=1S/C10H7F3N2O2/c11-10(12,13)6-3-5(14)1-4-2-7(9(16)17)15-8(4)6/h1-3,15H,14H2,(H,16,17). The van der Waals surface area contributed by atoms with Crippen molar-refractivity contribution in [2.75, 3.05) is 5.73 Å². The summed E-state index contributed by atoms with van der Waals surface area (Å²) in [5.74, 6) is -1.33. The van der Waals surface area contributed by atoms with Gasteiger partial charge in [0.25, 0.3) is 0 Å². The predicted molar refractivity (Wildman–Crippen MR) is 54.7 cm³/mol. The SMILES string of the molecule is Nc1cc(C(F)(F)F)c2[nH]c(C(=O)O)cc2c1. The lowest BCUT2D eigenvalue weighted by Gasteiger charge is -2.08. The van der Waals surface area contributed by atoms with Gasteiger partial charge < -0.3 is 15.8 Å². The van der Waals surface area contributed by atoms with Crippen LogP contribution in [-0.2, 0) is 6.18 Å². The maximum atomic E-state index is 12.7. The van der Waals surface area contributed by atoms with E-state index in [0.717, 1.165) is 12.1 Å². The van der Waals surface area contributed by atoms with Crippen molar-refractivity contribution in [3.63, 3.8) is 0 Å². The van der Waals surface area contributed by atoms with E-state index in [1.165, 1.54) is 6.07 Å². The van der Waals surface area contributed by atoms with Crippen LogP contribution in [0.4, 0.5) is 18.9 Å². The van der Waals surface area contributed by atoms with Crippen molar-refractivity contribution in [1.82, 2.24) is 4.98 Å². The molecule has 0 aliphatic heterocycles. The van der Waals surface area contributed by atoms with Crippen LogP contribution in [0.15, 0.2) is 18.2 Å². The number of rotatable bonds is 1. The van der Waals surface area contributed by atoms with E-state index < -0.39 is 17.7 Å². The first-order valence-corrected chi connectivity index (χ1v) is 4.52. The molecule has 0 saturated heterocycles. The van der Waals surface area contributed by atoms with Crippen LogP contribution in [0.1, 0.15) is 16.1 Å². The van der Waals surface area contributed by atoms with Gasteiger partial charge in [-0.2, -0.15) is 13.2 Å². The second kappa shape index (κ2) is 3.41. The number of carboxylic acids is 1. The van der Waals surface area contributed by atoms with Crippen molar-refractivity contribution < 1.29 is 23.1 Å². The molecule has 0 saturated carbocycles. The summed E-state index contributed by atoms with van der Waals surface area (Å²) in [7, 11) is 0. The van der Waals surface area contributed by atoms with Gasteiger partial charge in [0.2, 0.25) is 0 Å². The van der Waals surface area contributed by atoms with Crippen LogP contribution in [0.3, 0.4) is 0 Å². The molecule has 0 spiro atoms. The third kappa shape index (κ3) is 1.91. The quantitative estimate of drug-likeness (QED) is 0.674. The number of carboxylic acid groups (broad SMARTS) is 1. The highest BCUT2D eigenvalue weighted by Crippen LogP contribution is 2.36. The molecule has 2 rings (SSSR count). The van der Waals surface area contributed by atoms with Crippen LogP contribution < -0.4 is 5.73 Å². The van der Waals surface area contributed by atoms with E-state index in [4.69, 9.17) is 10.8 Å². The molecule has 1 heterocycles.